The molecule has 2 rings (SSSR count). The van der Waals surface area contributed by atoms with Crippen LogP contribution in [-0.4, -0.2) is 34.9 Å². The number of amides is 1. The third-order valence-corrected chi connectivity index (χ3v) is 4.00. The van der Waals surface area contributed by atoms with E-state index >= 15 is 0 Å². The van der Waals surface area contributed by atoms with Crippen molar-refractivity contribution in [3.05, 3.63) is 67.2 Å². The number of rotatable bonds is 7. The van der Waals surface area contributed by atoms with Crippen molar-refractivity contribution in [2.45, 2.75) is 13.0 Å². The van der Waals surface area contributed by atoms with E-state index in [9.17, 15) is 29.8 Å². The maximum absolute atomic E-state index is 12.3. The van der Waals surface area contributed by atoms with Gasteiger partial charge in [-0.05, 0) is 19.1 Å². The molecule has 1 amide bonds. The van der Waals surface area contributed by atoms with Crippen molar-refractivity contribution in [1.82, 2.24) is 0 Å². The number of methoxy groups -OCH3 is 1. The number of carbonyl (C=O) groups is 2. The molecular weight excluding hydrogens is 410 g/mol. The second kappa shape index (κ2) is 8.97. The van der Waals surface area contributed by atoms with E-state index in [1.165, 1.54) is 26.2 Å². The standard InChI is InChI=1S/C17H14ClN3O8/c1-9(29-17(23)12-5-3-10(20(24)25)7-13(12)18)16(22)19-14-8-11(21(26)27)4-6-15(14)28-2/h3-9H,1-2H3,(H,19,22). The Morgan fingerprint density at radius 3 is 2.21 bits per heavy atom. The highest BCUT2D eigenvalue weighted by Gasteiger charge is 2.23. The van der Waals surface area contributed by atoms with Crippen LogP contribution in [0.1, 0.15) is 17.3 Å². The lowest BCUT2D eigenvalue weighted by atomic mass is 10.2. The normalized spacial score (nSPS) is 11.3. The van der Waals surface area contributed by atoms with Gasteiger partial charge in [-0.2, -0.15) is 0 Å². The molecule has 1 atom stereocenters. The Morgan fingerprint density at radius 1 is 1.07 bits per heavy atom. The smallest absolute Gasteiger partial charge is 0.340 e. The fourth-order valence-corrected chi connectivity index (χ4v) is 2.45. The van der Waals surface area contributed by atoms with E-state index in [4.69, 9.17) is 21.1 Å². The highest BCUT2D eigenvalue weighted by Crippen LogP contribution is 2.29. The topological polar surface area (TPSA) is 151 Å². The lowest BCUT2D eigenvalue weighted by Gasteiger charge is -2.15. The zero-order valence-corrected chi connectivity index (χ0v) is 15.8. The van der Waals surface area contributed by atoms with Gasteiger partial charge in [0.2, 0.25) is 0 Å². The summed E-state index contributed by atoms with van der Waals surface area (Å²) in [7, 11) is 1.32. The Balaban J connectivity index is 2.13. The maximum atomic E-state index is 12.3. The number of nitro groups is 2. The molecular formula is C17H14ClN3O8. The highest BCUT2D eigenvalue weighted by atomic mass is 35.5. The van der Waals surface area contributed by atoms with Crippen LogP contribution >= 0.6 is 11.6 Å². The summed E-state index contributed by atoms with van der Waals surface area (Å²) < 4.78 is 10.1. The number of nitrogens with one attached hydrogen (secondary N) is 1. The van der Waals surface area contributed by atoms with Crippen LogP contribution in [0.2, 0.25) is 5.02 Å². The molecule has 12 heteroatoms. The lowest BCUT2D eigenvalue weighted by Crippen LogP contribution is -2.30. The number of nitrogens with zero attached hydrogens (tertiary/aromatic N) is 2. The van der Waals surface area contributed by atoms with Gasteiger partial charge in [0.25, 0.3) is 17.3 Å². The number of hydrogen-bond acceptors (Lipinski definition) is 8. The van der Waals surface area contributed by atoms with Crippen molar-refractivity contribution < 1.29 is 28.9 Å². The molecule has 2 aromatic rings. The first-order chi connectivity index (χ1) is 13.6. The number of benzene rings is 2. The monoisotopic (exact) mass is 423 g/mol. The zero-order chi connectivity index (χ0) is 21.7. The van der Waals surface area contributed by atoms with Crippen molar-refractivity contribution in [3.63, 3.8) is 0 Å². The summed E-state index contributed by atoms with van der Waals surface area (Å²) in [5.41, 5.74) is -0.730. The first-order valence-corrected chi connectivity index (χ1v) is 8.30. The van der Waals surface area contributed by atoms with Crippen LogP contribution in [0.5, 0.6) is 5.75 Å². The van der Waals surface area contributed by atoms with E-state index in [2.05, 4.69) is 5.32 Å². The average molecular weight is 424 g/mol. The molecule has 0 aliphatic rings. The van der Waals surface area contributed by atoms with Gasteiger partial charge >= 0.3 is 5.97 Å². The highest BCUT2D eigenvalue weighted by molar-refractivity contribution is 6.33. The third-order valence-electron chi connectivity index (χ3n) is 3.69. The van der Waals surface area contributed by atoms with Crippen molar-refractivity contribution in [2.75, 3.05) is 12.4 Å². The average Bonchev–Trinajstić information content (AvgIpc) is 2.67. The van der Waals surface area contributed by atoms with Crippen molar-refractivity contribution in [3.8, 4) is 5.75 Å². The molecule has 0 radical (unpaired) electrons. The van der Waals surface area contributed by atoms with Crippen molar-refractivity contribution in [2.24, 2.45) is 0 Å². The Morgan fingerprint density at radius 2 is 1.66 bits per heavy atom. The van der Waals surface area contributed by atoms with E-state index in [1.54, 1.807) is 0 Å². The van der Waals surface area contributed by atoms with Crippen molar-refractivity contribution in [1.29, 1.82) is 0 Å². The molecule has 0 aliphatic heterocycles. The molecule has 11 nitrogen and oxygen atoms in total. The van der Waals surface area contributed by atoms with Gasteiger partial charge < -0.3 is 14.8 Å². The minimum atomic E-state index is -1.31. The Kier molecular flexibility index (Phi) is 6.67. The number of ether oxygens (including phenoxy) is 2. The molecule has 0 spiro atoms. The molecule has 0 bridgehead atoms. The van der Waals surface area contributed by atoms with E-state index in [0.717, 1.165) is 24.3 Å². The molecule has 0 saturated heterocycles. The van der Waals surface area contributed by atoms with E-state index < -0.39 is 27.8 Å². The SMILES string of the molecule is COc1ccc([N+](=O)[O-])cc1NC(=O)C(C)OC(=O)c1ccc([N+](=O)[O-])cc1Cl. The summed E-state index contributed by atoms with van der Waals surface area (Å²) in [5, 5.41) is 23.8. The van der Waals surface area contributed by atoms with Crippen LogP contribution in [0.3, 0.4) is 0 Å². The number of halogens is 1. The summed E-state index contributed by atoms with van der Waals surface area (Å²) in [6.07, 6.45) is -1.31. The van der Waals surface area contributed by atoms with Crippen LogP contribution in [-0.2, 0) is 9.53 Å². The van der Waals surface area contributed by atoms with Gasteiger partial charge in [0, 0.05) is 24.3 Å². The number of esters is 1. The van der Waals surface area contributed by atoms with Gasteiger partial charge in [-0.25, -0.2) is 4.79 Å². The molecule has 0 fully saturated rings. The number of carbonyl (C=O) groups excluding carboxylic acids is 2. The minimum absolute atomic E-state index is 0.0166. The van der Waals surface area contributed by atoms with Gasteiger partial charge in [0.05, 0.1) is 33.2 Å². The van der Waals surface area contributed by atoms with Gasteiger partial charge in [-0.15, -0.1) is 0 Å². The van der Waals surface area contributed by atoms with Gasteiger partial charge in [0.1, 0.15) is 5.75 Å². The third kappa shape index (κ3) is 5.17. The number of non-ortho nitro benzene ring substituents is 2. The van der Waals surface area contributed by atoms with Crippen molar-refractivity contribution >= 4 is 40.5 Å². The second-order valence-electron chi connectivity index (χ2n) is 5.60. The van der Waals surface area contributed by atoms with E-state index in [0.29, 0.717) is 0 Å². The summed E-state index contributed by atoms with van der Waals surface area (Å²) in [6, 6.07) is 6.77. The summed E-state index contributed by atoms with van der Waals surface area (Å²) >= 11 is 5.86. The predicted molar refractivity (Wildman–Crippen MR) is 101 cm³/mol. The van der Waals surface area contributed by atoms with E-state index in [-0.39, 0.29) is 33.4 Å². The zero-order valence-electron chi connectivity index (χ0n) is 15.1. The van der Waals surface area contributed by atoms with Crippen LogP contribution in [0, 0.1) is 20.2 Å². The van der Waals surface area contributed by atoms with Crippen LogP contribution < -0.4 is 10.1 Å². The van der Waals surface area contributed by atoms with Crippen LogP contribution in [0.15, 0.2) is 36.4 Å². The largest absolute Gasteiger partial charge is 0.495 e. The van der Waals surface area contributed by atoms with Gasteiger partial charge in [-0.1, -0.05) is 11.6 Å². The van der Waals surface area contributed by atoms with Crippen LogP contribution in [0.4, 0.5) is 17.1 Å². The lowest BCUT2D eigenvalue weighted by molar-refractivity contribution is -0.385. The van der Waals surface area contributed by atoms with Crippen LogP contribution in [0.25, 0.3) is 0 Å². The molecule has 0 aromatic heterocycles. The summed E-state index contributed by atoms with van der Waals surface area (Å²) in [5.74, 6) is -1.59. The Labute approximate surface area is 168 Å². The molecule has 29 heavy (non-hydrogen) atoms. The Bertz CT molecular complexity index is 995. The molecule has 1 N–H and O–H groups in total. The maximum Gasteiger partial charge on any atom is 0.340 e. The Hall–Kier alpha value is -3.73. The summed E-state index contributed by atoms with van der Waals surface area (Å²) in [4.78, 5) is 44.8. The van der Waals surface area contributed by atoms with E-state index in [1.807, 2.05) is 0 Å². The van der Waals surface area contributed by atoms with Gasteiger partial charge in [0.15, 0.2) is 6.10 Å². The number of nitro benzene ring substituents is 2. The molecule has 2 aromatic carbocycles. The van der Waals surface area contributed by atoms with Gasteiger partial charge in [-0.3, -0.25) is 25.0 Å². The minimum Gasteiger partial charge on any atom is -0.495 e. The quantitative estimate of drug-likeness (QED) is 0.404. The molecule has 0 aliphatic carbocycles. The molecule has 0 saturated carbocycles. The molecule has 1 unspecified atom stereocenters. The fourth-order valence-electron chi connectivity index (χ4n) is 2.20. The summed E-state index contributed by atoms with van der Waals surface area (Å²) in [6.45, 7) is 1.27. The molecule has 152 valence electrons. The first-order valence-electron chi connectivity index (χ1n) is 7.92. The second-order valence-corrected chi connectivity index (χ2v) is 6.01. The predicted octanol–water partition coefficient (Wildman–Crippen LogP) is 3.35. The number of hydrogen-bond donors (Lipinski definition) is 1. The first kappa shape index (κ1) is 21.6. The fraction of sp³-hybridized carbons (Fsp3) is 0.176. The molecule has 0 heterocycles. The number of anilines is 1.